The third kappa shape index (κ3) is 4.73. The van der Waals surface area contributed by atoms with Gasteiger partial charge < -0.3 is 15.5 Å². The first-order valence-electron chi connectivity index (χ1n) is 8.47. The van der Waals surface area contributed by atoms with Crippen LogP contribution in [-0.2, 0) is 9.59 Å². The van der Waals surface area contributed by atoms with Gasteiger partial charge in [-0.1, -0.05) is 54.3 Å². The van der Waals surface area contributed by atoms with Gasteiger partial charge in [-0.15, -0.1) is 0 Å². The smallest absolute Gasteiger partial charge is 0.337 e. The predicted octanol–water partition coefficient (Wildman–Crippen LogP) is 2.92. The standard InChI is InChI=1S/C20H14N2O6S2/c23-16(21-14-9-12(18(25)26)6-7-13(14)19(27)28)10-22-17(24)15(30-20(22)29)8-11-4-2-1-3-5-11/h1-9H,10H2,(H,21,23)(H,25,26)(H,27,28)/b15-8-. The van der Waals surface area contributed by atoms with E-state index < -0.39 is 30.3 Å². The molecule has 1 heterocycles. The lowest BCUT2D eigenvalue weighted by Gasteiger charge is -2.15. The fraction of sp³-hybridized carbons (Fsp3) is 0.0500. The highest BCUT2D eigenvalue weighted by Gasteiger charge is 2.33. The molecule has 8 nitrogen and oxygen atoms in total. The Balaban J connectivity index is 1.77. The molecule has 2 aromatic carbocycles. The molecule has 10 heteroatoms. The van der Waals surface area contributed by atoms with Crippen molar-refractivity contribution in [2.45, 2.75) is 0 Å². The number of anilines is 1. The van der Waals surface area contributed by atoms with Gasteiger partial charge in [0.25, 0.3) is 5.91 Å². The molecule has 30 heavy (non-hydrogen) atoms. The first-order chi connectivity index (χ1) is 14.3. The van der Waals surface area contributed by atoms with Gasteiger partial charge in [0.2, 0.25) is 5.91 Å². The summed E-state index contributed by atoms with van der Waals surface area (Å²) in [5, 5.41) is 20.7. The molecule has 0 unspecified atom stereocenters. The van der Waals surface area contributed by atoms with Crippen LogP contribution >= 0.6 is 24.0 Å². The highest BCUT2D eigenvalue weighted by atomic mass is 32.2. The second-order valence-electron chi connectivity index (χ2n) is 6.10. The Hall–Kier alpha value is -3.50. The van der Waals surface area contributed by atoms with Crippen molar-refractivity contribution in [1.82, 2.24) is 4.90 Å². The van der Waals surface area contributed by atoms with Crippen LogP contribution in [0.1, 0.15) is 26.3 Å². The zero-order chi connectivity index (χ0) is 21.8. The van der Waals surface area contributed by atoms with Gasteiger partial charge in [-0.2, -0.15) is 0 Å². The number of carbonyl (C=O) groups is 4. The highest BCUT2D eigenvalue weighted by molar-refractivity contribution is 8.26. The van der Waals surface area contributed by atoms with Crippen LogP contribution in [0.25, 0.3) is 6.08 Å². The minimum Gasteiger partial charge on any atom is -0.478 e. The van der Waals surface area contributed by atoms with Crippen molar-refractivity contribution in [3.05, 3.63) is 70.1 Å². The van der Waals surface area contributed by atoms with Crippen molar-refractivity contribution in [2.24, 2.45) is 0 Å². The Morgan fingerprint density at radius 1 is 1.07 bits per heavy atom. The van der Waals surface area contributed by atoms with Crippen LogP contribution in [0.4, 0.5) is 5.69 Å². The molecule has 0 atom stereocenters. The average molecular weight is 442 g/mol. The number of amides is 2. The normalized spacial score (nSPS) is 14.8. The highest BCUT2D eigenvalue weighted by Crippen LogP contribution is 2.32. The number of aromatic carboxylic acids is 2. The number of rotatable bonds is 6. The SMILES string of the molecule is O=C(CN1C(=O)/C(=C/c2ccccc2)SC1=S)Nc1cc(C(=O)O)ccc1C(=O)O. The Bertz CT molecular complexity index is 1100. The van der Waals surface area contributed by atoms with Gasteiger partial charge in [0.1, 0.15) is 10.9 Å². The van der Waals surface area contributed by atoms with Crippen LogP contribution in [0.2, 0.25) is 0 Å². The molecule has 1 fully saturated rings. The molecule has 1 aliphatic rings. The number of carboxylic acids is 2. The Morgan fingerprint density at radius 2 is 1.77 bits per heavy atom. The maximum Gasteiger partial charge on any atom is 0.337 e. The van der Waals surface area contributed by atoms with Crippen LogP contribution in [0.3, 0.4) is 0 Å². The number of benzene rings is 2. The van der Waals surface area contributed by atoms with E-state index in [-0.39, 0.29) is 21.1 Å². The molecular weight excluding hydrogens is 428 g/mol. The molecule has 2 amide bonds. The minimum absolute atomic E-state index is 0.183. The number of carbonyl (C=O) groups excluding carboxylic acids is 2. The van der Waals surface area contributed by atoms with Crippen molar-refractivity contribution in [2.75, 3.05) is 11.9 Å². The molecule has 1 saturated heterocycles. The second-order valence-corrected chi connectivity index (χ2v) is 7.77. The molecule has 152 valence electrons. The van der Waals surface area contributed by atoms with E-state index in [1.165, 1.54) is 0 Å². The molecule has 0 bridgehead atoms. The monoisotopic (exact) mass is 442 g/mol. The maximum atomic E-state index is 12.6. The fourth-order valence-corrected chi connectivity index (χ4v) is 3.89. The molecule has 0 aromatic heterocycles. The summed E-state index contributed by atoms with van der Waals surface area (Å²) >= 11 is 6.25. The van der Waals surface area contributed by atoms with E-state index in [4.69, 9.17) is 17.3 Å². The average Bonchev–Trinajstić information content (AvgIpc) is 2.95. The first kappa shape index (κ1) is 21.2. The number of carboxylic acid groups (broad SMARTS) is 2. The summed E-state index contributed by atoms with van der Waals surface area (Å²) in [6.07, 6.45) is 1.66. The number of thiocarbonyl (C=S) groups is 1. The Morgan fingerprint density at radius 3 is 2.40 bits per heavy atom. The zero-order valence-electron chi connectivity index (χ0n) is 15.2. The summed E-state index contributed by atoms with van der Waals surface area (Å²) in [7, 11) is 0. The number of hydrogen-bond donors (Lipinski definition) is 3. The summed E-state index contributed by atoms with van der Waals surface area (Å²) in [6.45, 7) is -0.437. The van der Waals surface area contributed by atoms with E-state index in [0.717, 1.165) is 40.4 Å². The third-order valence-electron chi connectivity index (χ3n) is 4.04. The van der Waals surface area contributed by atoms with E-state index >= 15 is 0 Å². The maximum absolute atomic E-state index is 12.6. The lowest BCUT2D eigenvalue weighted by Crippen LogP contribution is -2.36. The lowest BCUT2D eigenvalue weighted by atomic mass is 10.1. The van der Waals surface area contributed by atoms with Crippen molar-refractivity contribution in [3.63, 3.8) is 0 Å². The quantitative estimate of drug-likeness (QED) is 0.461. The van der Waals surface area contributed by atoms with Gasteiger partial charge in [0.05, 0.1) is 21.7 Å². The Kier molecular flexibility index (Phi) is 6.28. The molecule has 0 saturated carbocycles. The van der Waals surface area contributed by atoms with Crippen molar-refractivity contribution in [1.29, 1.82) is 0 Å². The van der Waals surface area contributed by atoms with Crippen LogP contribution in [0, 0.1) is 0 Å². The first-order valence-corrected chi connectivity index (χ1v) is 9.69. The number of nitrogens with zero attached hydrogens (tertiary/aromatic N) is 1. The molecule has 3 N–H and O–H groups in total. The van der Waals surface area contributed by atoms with E-state index in [9.17, 15) is 24.3 Å². The second kappa shape index (κ2) is 8.89. The molecule has 3 rings (SSSR count). The van der Waals surface area contributed by atoms with Gasteiger partial charge in [-0.05, 0) is 29.8 Å². The summed E-state index contributed by atoms with van der Waals surface area (Å²) in [5.41, 5.74) is 0.158. The topological polar surface area (TPSA) is 124 Å². The van der Waals surface area contributed by atoms with Gasteiger partial charge in [-0.3, -0.25) is 14.5 Å². The third-order valence-corrected chi connectivity index (χ3v) is 5.42. The van der Waals surface area contributed by atoms with Crippen molar-refractivity contribution >= 4 is 63.8 Å². The molecule has 1 aliphatic heterocycles. The van der Waals surface area contributed by atoms with E-state index in [1.807, 2.05) is 30.3 Å². The molecule has 0 radical (unpaired) electrons. The van der Waals surface area contributed by atoms with Crippen molar-refractivity contribution < 1.29 is 29.4 Å². The lowest BCUT2D eigenvalue weighted by molar-refractivity contribution is -0.126. The van der Waals surface area contributed by atoms with Crippen LogP contribution < -0.4 is 5.32 Å². The zero-order valence-corrected chi connectivity index (χ0v) is 16.8. The molecule has 0 aliphatic carbocycles. The fourth-order valence-electron chi connectivity index (χ4n) is 2.64. The summed E-state index contributed by atoms with van der Waals surface area (Å²) in [5.74, 6) is -3.76. The van der Waals surface area contributed by atoms with Gasteiger partial charge in [-0.25, -0.2) is 9.59 Å². The molecular formula is C20H14N2O6S2. The summed E-state index contributed by atoms with van der Waals surface area (Å²) in [4.78, 5) is 49.0. The van der Waals surface area contributed by atoms with Crippen LogP contribution in [-0.4, -0.2) is 49.7 Å². The number of nitrogens with one attached hydrogen (secondary N) is 1. The summed E-state index contributed by atoms with van der Waals surface area (Å²) in [6, 6.07) is 12.4. The van der Waals surface area contributed by atoms with Crippen LogP contribution in [0.5, 0.6) is 0 Å². The Labute approximate surface area is 180 Å². The van der Waals surface area contributed by atoms with Crippen molar-refractivity contribution in [3.8, 4) is 0 Å². The van der Waals surface area contributed by atoms with Gasteiger partial charge in [0, 0.05) is 0 Å². The van der Waals surface area contributed by atoms with Gasteiger partial charge in [0.15, 0.2) is 0 Å². The van der Waals surface area contributed by atoms with Gasteiger partial charge >= 0.3 is 11.9 Å². The minimum atomic E-state index is -1.33. The summed E-state index contributed by atoms with van der Waals surface area (Å²) < 4.78 is 0.190. The van der Waals surface area contributed by atoms with E-state index in [2.05, 4.69) is 5.32 Å². The van der Waals surface area contributed by atoms with E-state index in [1.54, 1.807) is 6.08 Å². The van der Waals surface area contributed by atoms with E-state index in [0.29, 0.717) is 4.91 Å². The molecule has 0 spiro atoms. The largest absolute Gasteiger partial charge is 0.478 e. The van der Waals surface area contributed by atoms with Crippen LogP contribution in [0.15, 0.2) is 53.4 Å². The predicted molar refractivity (Wildman–Crippen MR) is 115 cm³/mol. The molecule has 2 aromatic rings. The number of hydrogen-bond acceptors (Lipinski definition) is 6. The number of thioether (sulfide) groups is 1.